The number of hydrogen-bond acceptors (Lipinski definition) is 0. The second-order valence-corrected chi connectivity index (χ2v) is 3.92. The molecule has 0 aromatic rings. The Labute approximate surface area is 80.0 Å². The molecule has 0 aliphatic carbocycles. The highest BCUT2D eigenvalue weighted by Gasteiger charge is 2.27. The molecule has 0 nitrogen and oxygen atoms in total. The van der Waals surface area contributed by atoms with Gasteiger partial charge in [-0.05, 0) is 31.3 Å². The number of allylic oxidation sites excluding steroid dienone is 2. The molecule has 0 aliphatic rings. The minimum absolute atomic E-state index is 0.100. The summed E-state index contributed by atoms with van der Waals surface area (Å²) in [6.07, 6.45) is 3.32. The van der Waals surface area contributed by atoms with Gasteiger partial charge in [-0.3, -0.25) is 0 Å². The van der Waals surface area contributed by atoms with Crippen LogP contribution in [0.4, 0.5) is 8.78 Å². The average molecular weight is 190 g/mol. The third-order valence-corrected chi connectivity index (χ3v) is 2.22. The Morgan fingerprint density at radius 2 is 1.92 bits per heavy atom. The van der Waals surface area contributed by atoms with Crippen molar-refractivity contribution in [2.45, 2.75) is 52.9 Å². The Hall–Kier alpha value is -0.400. The van der Waals surface area contributed by atoms with Crippen molar-refractivity contribution in [3.8, 4) is 0 Å². The lowest BCUT2D eigenvalue weighted by Crippen LogP contribution is -2.15. The number of alkyl halides is 2. The fraction of sp³-hybridized carbons (Fsp3) is 0.818. The van der Waals surface area contributed by atoms with E-state index < -0.39 is 5.92 Å². The Balaban J connectivity index is 4.02. The molecule has 0 fully saturated rings. The lowest BCUT2D eigenvalue weighted by Gasteiger charge is -2.14. The van der Waals surface area contributed by atoms with Crippen LogP contribution in [0.15, 0.2) is 11.6 Å². The summed E-state index contributed by atoms with van der Waals surface area (Å²) in [7, 11) is 0. The van der Waals surface area contributed by atoms with E-state index in [-0.39, 0.29) is 12.0 Å². The quantitative estimate of drug-likeness (QED) is 0.563. The van der Waals surface area contributed by atoms with Gasteiger partial charge in [-0.1, -0.05) is 26.8 Å². The molecular formula is C11H20F2. The zero-order valence-electron chi connectivity index (χ0n) is 9.03. The van der Waals surface area contributed by atoms with E-state index >= 15 is 0 Å². The van der Waals surface area contributed by atoms with Crippen molar-refractivity contribution >= 4 is 0 Å². The van der Waals surface area contributed by atoms with Crippen molar-refractivity contribution in [1.82, 2.24) is 0 Å². The highest BCUT2D eigenvalue weighted by Crippen LogP contribution is 2.27. The molecule has 0 saturated heterocycles. The molecule has 0 aromatic heterocycles. The van der Waals surface area contributed by atoms with Gasteiger partial charge in [0.1, 0.15) is 0 Å². The van der Waals surface area contributed by atoms with Gasteiger partial charge in [-0.25, -0.2) is 8.78 Å². The van der Waals surface area contributed by atoms with Gasteiger partial charge in [0.25, 0.3) is 5.92 Å². The summed E-state index contributed by atoms with van der Waals surface area (Å²) in [5.74, 6) is -2.02. The first kappa shape index (κ1) is 12.6. The molecule has 0 atom stereocenters. The molecule has 0 heterocycles. The Morgan fingerprint density at radius 3 is 2.31 bits per heavy atom. The minimum Gasteiger partial charge on any atom is -0.202 e. The smallest absolute Gasteiger partial charge is 0.202 e. The second kappa shape index (κ2) is 5.36. The molecule has 0 spiro atoms. The van der Waals surface area contributed by atoms with Crippen LogP contribution in [-0.4, -0.2) is 5.92 Å². The zero-order valence-corrected chi connectivity index (χ0v) is 9.03. The SMILES string of the molecule is CCC(F)(F)/C(C)=C/CCC(C)C. The van der Waals surface area contributed by atoms with E-state index in [0.717, 1.165) is 12.8 Å². The Kier molecular flexibility index (Phi) is 5.19. The van der Waals surface area contributed by atoms with Crippen LogP contribution in [0.1, 0.15) is 47.0 Å². The maximum atomic E-state index is 13.0. The van der Waals surface area contributed by atoms with Gasteiger partial charge in [-0.2, -0.15) is 0 Å². The highest BCUT2D eigenvalue weighted by molar-refractivity contribution is 5.08. The molecular weight excluding hydrogens is 170 g/mol. The summed E-state index contributed by atoms with van der Waals surface area (Å²) in [5.41, 5.74) is 0.218. The fourth-order valence-electron chi connectivity index (χ4n) is 1.06. The Bertz CT molecular complexity index is 169. The molecule has 0 aliphatic heterocycles. The van der Waals surface area contributed by atoms with Gasteiger partial charge < -0.3 is 0 Å². The first-order valence-corrected chi connectivity index (χ1v) is 4.95. The van der Waals surface area contributed by atoms with E-state index in [0.29, 0.717) is 5.92 Å². The number of rotatable bonds is 5. The van der Waals surface area contributed by atoms with Gasteiger partial charge in [0.15, 0.2) is 0 Å². The van der Waals surface area contributed by atoms with Crippen LogP contribution in [0.2, 0.25) is 0 Å². The molecule has 0 amide bonds. The minimum atomic E-state index is -2.60. The summed E-state index contributed by atoms with van der Waals surface area (Å²) in [5, 5.41) is 0. The summed E-state index contributed by atoms with van der Waals surface area (Å²) in [6.45, 7) is 7.23. The fourth-order valence-corrected chi connectivity index (χ4v) is 1.06. The number of halogens is 2. The molecule has 0 N–H and O–H groups in total. The Morgan fingerprint density at radius 1 is 1.38 bits per heavy atom. The molecule has 0 bridgehead atoms. The molecule has 0 saturated carbocycles. The van der Waals surface area contributed by atoms with Crippen LogP contribution >= 0.6 is 0 Å². The van der Waals surface area contributed by atoms with Gasteiger partial charge in [0.2, 0.25) is 0 Å². The standard InChI is InChI=1S/C11H20F2/c1-5-11(12,13)10(4)8-6-7-9(2)3/h8-9H,5-7H2,1-4H3/b10-8+. The topological polar surface area (TPSA) is 0 Å². The van der Waals surface area contributed by atoms with Gasteiger partial charge in [-0.15, -0.1) is 0 Å². The largest absolute Gasteiger partial charge is 0.268 e. The summed E-state index contributed by atoms with van der Waals surface area (Å²) in [6, 6.07) is 0. The monoisotopic (exact) mass is 190 g/mol. The first-order chi connectivity index (χ1) is 5.90. The average Bonchev–Trinajstić information content (AvgIpc) is 2.03. The van der Waals surface area contributed by atoms with Gasteiger partial charge in [0, 0.05) is 6.42 Å². The molecule has 0 rings (SSSR count). The summed E-state index contributed by atoms with van der Waals surface area (Å²) >= 11 is 0. The molecule has 78 valence electrons. The summed E-state index contributed by atoms with van der Waals surface area (Å²) < 4.78 is 26.0. The van der Waals surface area contributed by atoms with Crippen molar-refractivity contribution in [2.24, 2.45) is 5.92 Å². The van der Waals surface area contributed by atoms with Crippen LogP contribution in [0.3, 0.4) is 0 Å². The lowest BCUT2D eigenvalue weighted by atomic mass is 10.0. The van der Waals surface area contributed by atoms with Gasteiger partial charge >= 0.3 is 0 Å². The van der Waals surface area contributed by atoms with E-state index in [9.17, 15) is 8.78 Å². The normalized spacial score (nSPS) is 13.9. The third-order valence-electron chi connectivity index (χ3n) is 2.22. The molecule has 0 aromatic carbocycles. The third kappa shape index (κ3) is 5.02. The maximum Gasteiger partial charge on any atom is 0.268 e. The second-order valence-electron chi connectivity index (χ2n) is 3.92. The van der Waals surface area contributed by atoms with Crippen LogP contribution in [0.5, 0.6) is 0 Å². The van der Waals surface area contributed by atoms with E-state index in [1.807, 2.05) is 0 Å². The van der Waals surface area contributed by atoms with Crippen molar-refractivity contribution in [3.63, 3.8) is 0 Å². The molecule has 2 heteroatoms. The van der Waals surface area contributed by atoms with Gasteiger partial charge in [0.05, 0.1) is 0 Å². The molecule has 0 radical (unpaired) electrons. The van der Waals surface area contributed by atoms with E-state index in [4.69, 9.17) is 0 Å². The summed E-state index contributed by atoms with van der Waals surface area (Å²) in [4.78, 5) is 0. The van der Waals surface area contributed by atoms with E-state index in [1.165, 1.54) is 13.8 Å². The zero-order chi connectivity index (χ0) is 10.5. The van der Waals surface area contributed by atoms with Crippen LogP contribution in [0, 0.1) is 5.92 Å². The lowest BCUT2D eigenvalue weighted by molar-refractivity contribution is 0.0373. The molecule has 0 unspecified atom stereocenters. The highest BCUT2D eigenvalue weighted by atomic mass is 19.3. The van der Waals surface area contributed by atoms with Crippen molar-refractivity contribution in [2.75, 3.05) is 0 Å². The first-order valence-electron chi connectivity index (χ1n) is 4.95. The maximum absolute atomic E-state index is 13.0. The van der Waals surface area contributed by atoms with Crippen molar-refractivity contribution in [1.29, 1.82) is 0 Å². The van der Waals surface area contributed by atoms with E-state index in [1.54, 1.807) is 6.08 Å². The van der Waals surface area contributed by atoms with E-state index in [2.05, 4.69) is 13.8 Å². The van der Waals surface area contributed by atoms with Crippen LogP contribution in [-0.2, 0) is 0 Å². The molecule has 13 heavy (non-hydrogen) atoms. The predicted molar refractivity (Wildman–Crippen MR) is 53.1 cm³/mol. The van der Waals surface area contributed by atoms with Crippen LogP contribution < -0.4 is 0 Å². The predicted octanol–water partition coefficient (Wildman–Crippen LogP) is 4.41. The number of hydrogen-bond donors (Lipinski definition) is 0. The van der Waals surface area contributed by atoms with Crippen LogP contribution in [0.25, 0.3) is 0 Å². The van der Waals surface area contributed by atoms with Crippen molar-refractivity contribution < 1.29 is 8.78 Å². The van der Waals surface area contributed by atoms with Crippen molar-refractivity contribution in [3.05, 3.63) is 11.6 Å².